The van der Waals surface area contributed by atoms with E-state index in [1.54, 1.807) is 24.3 Å². The molecule has 0 spiro atoms. The van der Waals surface area contributed by atoms with Crippen molar-refractivity contribution >= 4 is 29.7 Å². The summed E-state index contributed by atoms with van der Waals surface area (Å²) in [6.45, 7) is 4.51. The topological polar surface area (TPSA) is 108 Å². The first-order valence-electron chi connectivity index (χ1n) is 12.1. The van der Waals surface area contributed by atoms with Gasteiger partial charge >= 0.3 is 0 Å². The molecule has 4 aromatic rings. The third-order valence-corrected chi connectivity index (χ3v) is 7.32. The van der Waals surface area contributed by atoms with Crippen LogP contribution in [-0.4, -0.2) is 26.7 Å². The minimum atomic E-state index is -1.09. The van der Waals surface area contributed by atoms with Crippen molar-refractivity contribution in [3.8, 4) is 22.9 Å². The highest BCUT2D eigenvalue weighted by molar-refractivity contribution is 6.39. The van der Waals surface area contributed by atoms with Crippen LogP contribution in [0.25, 0.3) is 11.3 Å². The number of hydrogen-bond donors (Lipinski definition) is 1. The van der Waals surface area contributed by atoms with Crippen molar-refractivity contribution in [1.29, 1.82) is 0 Å². The zero-order valence-corrected chi connectivity index (χ0v) is 22.2. The predicted octanol–water partition coefficient (Wildman–Crippen LogP) is 6.44. The summed E-state index contributed by atoms with van der Waals surface area (Å²) in [4.78, 5) is 19.4. The number of ether oxygens (including phenoxy) is 2. The molecule has 0 aliphatic heterocycles. The van der Waals surface area contributed by atoms with E-state index in [1.165, 1.54) is 12.4 Å². The van der Waals surface area contributed by atoms with E-state index in [0.717, 1.165) is 11.1 Å². The van der Waals surface area contributed by atoms with Crippen molar-refractivity contribution in [2.24, 2.45) is 0 Å². The summed E-state index contributed by atoms with van der Waals surface area (Å²) < 4.78 is 16.5. The predicted molar refractivity (Wildman–Crippen MR) is 141 cm³/mol. The van der Waals surface area contributed by atoms with Gasteiger partial charge in [0.05, 0.1) is 33.7 Å². The molecular formula is C28H25Cl2N3O5. The Balaban J connectivity index is 1.29. The van der Waals surface area contributed by atoms with Gasteiger partial charge in [-0.3, -0.25) is 9.78 Å². The number of rotatable bonds is 9. The van der Waals surface area contributed by atoms with Crippen molar-refractivity contribution in [2.45, 2.75) is 50.7 Å². The summed E-state index contributed by atoms with van der Waals surface area (Å²) in [7, 11) is 0. The zero-order valence-electron chi connectivity index (χ0n) is 20.7. The smallest absolute Gasteiger partial charge is 0.298 e. The number of carbonyl (C=O) groups excluding carboxylic acids is 1. The van der Waals surface area contributed by atoms with Crippen LogP contribution in [-0.2, 0) is 17.0 Å². The summed E-state index contributed by atoms with van der Waals surface area (Å²) in [5, 5.41) is 16.2. The van der Waals surface area contributed by atoms with Crippen LogP contribution in [0.4, 0.5) is 0 Å². The van der Waals surface area contributed by atoms with Gasteiger partial charge in [-0.2, -0.15) is 0 Å². The van der Waals surface area contributed by atoms with E-state index in [1.807, 2.05) is 32.0 Å². The standard InChI is InChI=1S/C28H25Cl2N3O5/c1-16(2)27-20(26(33-38-27)25-21(29)7-4-8-22(25)30)14-36-24-13-31-23(12-32-24)28(35)10-18(11-28)17-5-3-6-19(9-17)37-15-34/h3-9,12-13,15-16,18,35H,10-11,14H2,1-2H3. The Kier molecular flexibility index (Phi) is 7.38. The van der Waals surface area contributed by atoms with Gasteiger partial charge in [0.15, 0.2) is 0 Å². The van der Waals surface area contributed by atoms with E-state index < -0.39 is 5.60 Å². The molecule has 1 aliphatic carbocycles. The van der Waals surface area contributed by atoms with Crippen molar-refractivity contribution in [3.63, 3.8) is 0 Å². The monoisotopic (exact) mass is 553 g/mol. The summed E-state index contributed by atoms with van der Waals surface area (Å²) in [5.41, 5.74) is 2.19. The van der Waals surface area contributed by atoms with Gasteiger partial charge in [-0.15, -0.1) is 0 Å². The Morgan fingerprint density at radius 1 is 1.13 bits per heavy atom. The quantitative estimate of drug-likeness (QED) is 0.236. The third kappa shape index (κ3) is 5.12. The van der Waals surface area contributed by atoms with Gasteiger partial charge in [-0.05, 0) is 48.6 Å². The van der Waals surface area contributed by atoms with E-state index in [-0.39, 0.29) is 18.4 Å². The third-order valence-electron chi connectivity index (χ3n) is 6.69. The maximum atomic E-state index is 11.1. The summed E-state index contributed by atoms with van der Waals surface area (Å²) in [6.07, 6.45) is 3.98. The molecule has 5 rings (SSSR count). The van der Waals surface area contributed by atoms with E-state index in [4.69, 9.17) is 37.2 Å². The Bertz CT molecular complexity index is 1430. The number of carbonyl (C=O) groups is 1. The highest BCUT2D eigenvalue weighted by Crippen LogP contribution is 2.50. The second kappa shape index (κ2) is 10.7. The molecule has 0 amide bonds. The van der Waals surface area contributed by atoms with Crippen LogP contribution in [0.5, 0.6) is 11.6 Å². The molecule has 0 radical (unpaired) electrons. The maximum Gasteiger partial charge on any atom is 0.298 e. The highest BCUT2D eigenvalue weighted by atomic mass is 35.5. The summed E-state index contributed by atoms with van der Waals surface area (Å²) >= 11 is 12.8. The lowest BCUT2D eigenvalue weighted by molar-refractivity contribution is -0.120. The molecule has 1 saturated carbocycles. The van der Waals surface area contributed by atoms with Crippen molar-refractivity contribution in [3.05, 3.63) is 87.5 Å². The van der Waals surface area contributed by atoms with Gasteiger partial charge in [0.2, 0.25) is 5.88 Å². The average molecular weight is 554 g/mol. The van der Waals surface area contributed by atoms with Crippen molar-refractivity contribution < 1.29 is 23.9 Å². The second-order valence-electron chi connectivity index (χ2n) is 9.58. The lowest BCUT2D eigenvalue weighted by Gasteiger charge is -2.43. The van der Waals surface area contributed by atoms with E-state index in [9.17, 15) is 9.90 Å². The number of aromatic nitrogens is 3. The van der Waals surface area contributed by atoms with Crippen LogP contribution < -0.4 is 9.47 Å². The highest BCUT2D eigenvalue weighted by Gasteiger charge is 2.46. The minimum absolute atomic E-state index is 0.0519. The molecule has 1 aliphatic rings. The Morgan fingerprint density at radius 3 is 2.53 bits per heavy atom. The number of halogens is 2. The van der Waals surface area contributed by atoms with Crippen molar-refractivity contribution in [1.82, 2.24) is 15.1 Å². The van der Waals surface area contributed by atoms with E-state index in [2.05, 4.69) is 15.1 Å². The molecule has 10 heteroatoms. The molecule has 2 heterocycles. The summed E-state index contributed by atoms with van der Waals surface area (Å²) in [5.74, 6) is 1.60. The number of benzene rings is 2. The van der Waals surface area contributed by atoms with Crippen molar-refractivity contribution in [2.75, 3.05) is 0 Å². The fraction of sp³-hybridized carbons (Fsp3) is 0.286. The minimum Gasteiger partial charge on any atom is -0.471 e. The van der Waals surface area contributed by atoms with Crippen LogP contribution in [0.3, 0.4) is 0 Å². The molecule has 2 aromatic heterocycles. The van der Waals surface area contributed by atoms with Crippen LogP contribution in [0, 0.1) is 0 Å². The molecule has 8 nitrogen and oxygen atoms in total. The first-order chi connectivity index (χ1) is 18.3. The van der Waals surface area contributed by atoms with Crippen LogP contribution in [0.1, 0.15) is 61.1 Å². The number of aliphatic hydroxyl groups is 1. The van der Waals surface area contributed by atoms with Crippen LogP contribution >= 0.6 is 23.2 Å². The van der Waals surface area contributed by atoms with Gasteiger partial charge in [0.25, 0.3) is 6.47 Å². The Morgan fingerprint density at radius 2 is 1.87 bits per heavy atom. The lowest BCUT2D eigenvalue weighted by atomic mass is 9.66. The summed E-state index contributed by atoms with van der Waals surface area (Å²) in [6, 6.07) is 12.5. The van der Waals surface area contributed by atoms with Gasteiger partial charge < -0.3 is 19.1 Å². The first kappa shape index (κ1) is 26.2. The maximum absolute atomic E-state index is 11.1. The first-order valence-corrected chi connectivity index (χ1v) is 12.9. The molecule has 38 heavy (non-hydrogen) atoms. The molecular weight excluding hydrogens is 529 g/mol. The number of hydrogen-bond acceptors (Lipinski definition) is 8. The SMILES string of the molecule is CC(C)c1onc(-c2c(Cl)cccc2Cl)c1COc1cnc(C2(O)CC(c3cccc(OC=O)c3)C2)cn1. The molecule has 0 atom stereocenters. The molecule has 1 fully saturated rings. The molecule has 2 aromatic carbocycles. The van der Waals surface area contributed by atoms with Gasteiger partial charge in [-0.25, -0.2) is 4.98 Å². The lowest BCUT2D eigenvalue weighted by Crippen LogP contribution is -2.40. The molecule has 0 saturated heterocycles. The average Bonchev–Trinajstić information content (AvgIpc) is 3.30. The molecule has 0 unspecified atom stereocenters. The van der Waals surface area contributed by atoms with Gasteiger partial charge in [0.1, 0.15) is 29.4 Å². The molecule has 1 N–H and O–H groups in total. The Labute approximate surface area is 229 Å². The fourth-order valence-electron chi connectivity index (χ4n) is 4.71. The van der Waals surface area contributed by atoms with E-state index in [0.29, 0.717) is 63.7 Å². The molecule has 196 valence electrons. The van der Waals surface area contributed by atoms with E-state index >= 15 is 0 Å². The fourth-order valence-corrected chi connectivity index (χ4v) is 5.29. The van der Waals surface area contributed by atoms with Gasteiger partial charge in [-0.1, -0.05) is 60.4 Å². The normalized spacial score (nSPS) is 18.7. The largest absolute Gasteiger partial charge is 0.471 e. The van der Waals surface area contributed by atoms with Crippen LogP contribution in [0.15, 0.2) is 59.4 Å². The zero-order chi connectivity index (χ0) is 26.9. The molecule has 0 bridgehead atoms. The number of nitrogens with zero attached hydrogens (tertiary/aromatic N) is 3. The Hall–Kier alpha value is -3.46. The van der Waals surface area contributed by atoms with Crippen LogP contribution in [0.2, 0.25) is 10.0 Å². The second-order valence-corrected chi connectivity index (χ2v) is 10.4. The van der Waals surface area contributed by atoms with Gasteiger partial charge in [0, 0.05) is 11.5 Å².